The van der Waals surface area contributed by atoms with Gasteiger partial charge in [-0.3, -0.25) is 9.11 Å². The lowest BCUT2D eigenvalue weighted by atomic mass is 10.2. The van der Waals surface area contributed by atoms with Crippen molar-refractivity contribution < 1.29 is 4.21 Å². The molecule has 29 heavy (non-hydrogen) atoms. The predicted octanol–water partition coefficient (Wildman–Crippen LogP) is 2.93. The second-order valence-corrected chi connectivity index (χ2v) is 9.81. The standard InChI is InChI=1S/C21H24ClN5OS/c1-25-19-5-3-2-4-18(19)24-21(25)16-12-20(23-13-17(16)22)27-9-7-26(8-10-27)15-6-11-29(28)14-15/h2-5,12-13,15H,6-11,14H2,1H3. The van der Waals surface area contributed by atoms with Crippen molar-refractivity contribution >= 4 is 39.3 Å². The average Bonchev–Trinajstić information content (AvgIpc) is 3.32. The molecule has 2 saturated heterocycles. The molecule has 6 nitrogen and oxygen atoms in total. The van der Waals surface area contributed by atoms with Gasteiger partial charge in [-0.2, -0.15) is 0 Å². The lowest BCUT2D eigenvalue weighted by Crippen LogP contribution is -2.50. The number of imidazole rings is 1. The molecule has 152 valence electrons. The number of benzene rings is 1. The molecule has 0 N–H and O–H groups in total. The summed E-state index contributed by atoms with van der Waals surface area (Å²) in [6.45, 7) is 3.79. The fraction of sp³-hybridized carbons (Fsp3) is 0.429. The maximum atomic E-state index is 11.7. The number of piperazine rings is 1. The summed E-state index contributed by atoms with van der Waals surface area (Å²) in [5, 5.41) is 0.610. The minimum atomic E-state index is -0.627. The number of pyridine rings is 1. The summed E-state index contributed by atoms with van der Waals surface area (Å²) in [5.41, 5.74) is 2.95. The molecule has 0 saturated carbocycles. The van der Waals surface area contributed by atoms with Gasteiger partial charge in [0.1, 0.15) is 11.6 Å². The quantitative estimate of drug-likeness (QED) is 0.640. The van der Waals surface area contributed by atoms with E-state index in [0.717, 1.165) is 72.3 Å². The first-order chi connectivity index (χ1) is 14.1. The molecular weight excluding hydrogens is 406 g/mol. The Balaban J connectivity index is 1.39. The topological polar surface area (TPSA) is 54.3 Å². The van der Waals surface area contributed by atoms with Crippen molar-refractivity contribution in [1.29, 1.82) is 0 Å². The van der Waals surface area contributed by atoms with Gasteiger partial charge in [-0.15, -0.1) is 0 Å². The molecule has 8 heteroatoms. The summed E-state index contributed by atoms with van der Waals surface area (Å²) < 4.78 is 13.8. The summed E-state index contributed by atoms with van der Waals surface area (Å²) in [6.07, 6.45) is 2.79. The zero-order chi connectivity index (χ0) is 20.0. The van der Waals surface area contributed by atoms with Crippen molar-refractivity contribution in [2.45, 2.75) is 12.5 Å². The third-order valence-electron chi connectivity index (χ3n) is 6.08. The van der Waals surface area contributed by atoms with Crippen LogP contribution in [0.4, 0.5) is 5.82 Å². The van der Waals surface area contributed by atoms with Gasteiger partial charge in [-0.25, -0.2) is 9.97 Å². The maximum Gasteiger partial charge on any atom is 0.142 e. The zero-order valence-corrected chi connectivity index (χ0v) is 18.0. The second-order valence-electron chi connectivity index (χ2n) is 7.78. The molecule has 2 aliphatic rings. The predicted molar refractivity (Wildman–Crippen MR) is 119 cm³/mol. The first-order valence-electron chi connectivity index (χ1n) is 10.0. The van der Waals surface area contributed by atoms with E-state index in [1.807, 2.05) is 25.2 Å². The van der Waals surface area contributed by atoms with Gasteiger partial charge in [0.15, 0.2) is 0 Å². The number of para-hydroxylation sites is 2. The van der Waals surface area contributed by atoms with Gasteiger partial charge in [-0.1, -0.05) is 23.7 Å². The van der Waals surface area contributed by atoms with E-state index in [1.165, 1.54) is 0 Å². The van der Waals surface area contributed by atoms with Crippen molar-refractivity contribution in [3.8, 4) is 11.4 Å². The van der Waals surface area contributed by atoms with Crippen LogP contribution in [-0.2, 0) is 17.8 Å². The van der Waals surface area contributed by atoms with Crippen LogP contribution in [0.1, 0.15) is 6.42 Å². The summed E-state index contributed by atoms with van der Waals surface area (Å²) in [4.78, 5) is 14.2. The van der Waals surface area contributed by atoms with Crippen molar-refractivity contribution in [1.82, 2.24) is 19.4 Å². The van der Waals surface area contributed by atoms with E-state index in [2.05, 4.69) is 31.5 Å². The molecule has 0 bridgehead atoms. The maximum absolute atomic E-state index is 11.7. The van der Waals surface area contributed by atoms with Gasteiger partial charge in [0.05, 0.1) is 16.1 Å². The number of hydrogen-bond donors (Lipinski definition) is 0. The Morgan fingerprint density at radius 3 is 2.69 bits per heavy atom. The van der Waals surface area contributed by atoms with Crippen LogP contribution in [0, 0.1) is 0 Å². The summed E-state index contributed by atoms with van der Waals surface area (Å²) in [7, 11) is 1.39. The highest BCUT2D eigenvalue weighted by atomic mass is 35.5. The number of hydrogen-bond acceptors (Lipinski definition) is 5. The number of anilines is 1. The van der Waals surface area contributed by atoms with Gasteiger partial charge in [0.25, 0.3) is 0 Å². The smallest absolute Gasteiger partial charge is 0.142 e. The van der Waals surface area contributed by atoms with E-state index < -0.39 is 10.8 Å². The van der Waals surface area contributed by atoms with Crippen LogP contribution >= 0.6 is 11.6 Å². The molecule has 0 spiro atoms. The zero-order valence-electron chi connectivity index (χ0n) is 16.4. The Morgan fingerprint density at radius 2 is 1.97 bits per heavy atom. The molecule has 0 radical (unpaired) electrons. The molecular formula is C21H24ClN5OS. The van der Waals surface area contributed by atoms with Crippen LogP contribution in [0.2, 0.25) is 5.02 Å². The SMILES string of the molecule is Cn1c(-c2cc(N3CCN(C4CCS(=O)C4)CC3)ncc2Cl)nc2ccccc21. The third kappa shape index (κ3) is 3.56. The molecule has 1 aromatic carbocycles. The molecule has 2 fully saturated rings. The lowest BCUT2D eigenvalue weighted by molar-refractivity contribution is 0.200. The highest BCUT2D eigenvalue weighted by Crippen LogP contribution is 2.32. The van der Waals surface area contributed by atoms with Crippen LogP contribution in [-0.4, -0.2) is 67.4 Å². The summed E-state index contributed by atoms with van der Waals surface area (Å²) >= 11 is 6.52. The first-order valence-corrected chi connectivity index (χ1v) is 11.9. The van der Waals surface area contributed by atoms with Gasteiger partial charge >= 0.3 is 0 Å². The van der Waals surface area contributed by atoms with Crippen molar-refractivity contribution in [2.24, 2.45) is 7.05 Å². The highest BCUT2D eigenvalue weighted by Gasteiger charge is 2.30. The number of fused-ring (bicyclic) bond motifs is 1. The number of halogens is 1. The van der Waals surface area contributed by atoms with Crippen LogP contribution in [0.3, 0.4) is 0 Å². The second kappa shape index (κ2) is 7.70. The molecule has 2 atom stereocenters. The number of aryl methyl sites for hydroxylation is 1. The molecule has 0 aliphatic carbocycles. The Morgan fingerprint density at radius 1 is 1.17 bits per heavy atom. The molecule has 5 rings (SSSR count). The Hall–Kier alpha value is -1.96. The van der Waals surface area contributed by atoms with E-state index in [-0.39, 0.29) is 0 Å². The molecule has 2 aliphatic heterocycles. The molecule has 4 heterocycles. The van der Waals surface area contributed by atoms with Gasteiger partial charge in [0, 0.05) is 73.3 Å². The van der Waals surface area contributed by atoms with Crippen LogP contribution in [0.15, 0.2) is 36.5 Å². The van der Waals surface area contributed by atoms with Crippen molar-refractivity contribution in [3.63, 3.8) is 0 Å². The molecule has 2 unspecified atom stereocenters. The first kappa shape index (κ1) is 19.0. The van der Waals surface area contributed by atoms with E-state index in [9.17, 15) is 4.21 Å². The summed E-state index contributed by atoms with van der Waals surface area (Å²) in [5.74, 6) is 3.47. The highest BCUT2D eigenvalue weighted by molar-refractivity contribution is 7.85. The van der Waals surface area contributed by atoms with Crippen LogP contribution < -0.4 is 4.90 Å². The fourth-order valence-electron chi connectivity index (χ4n) is 4.41. The van der Waals surface area contributed by atoms with E-state index in [4.69, 9.17) is 16.6 Å². The monoisotopic (exact) mass is 429 g/mol. The van der Waals surface area contributed by atoms with Gasteiger partial charge in [-0.05, 0) is 24.6 Å². The van der Waals surface area contributed by atoms with E-state index in [0.29, 0.717) is 11.1 Å². The molecule has 3 aromatic rings. The average molecular weight is 430 g/mol. The largest absolute Gasteiger partial charge is 0.354 e. The van der Waals surface area contributed by atoms with Crippen LogP contribution in [0.25, 0.3) is 22.4 Å². The fourth-order valence-corrected chi connectivity index (χ4v) is 6.11. The number of aromatic nitrogens is 3. The molecule has 0 amide bonds. The summed E-state index contributed by atoms with van der Waals surface area (Å²) in [6, 6.07) is 10.6. The Labute approximate surface area is 177 Å². The van der Waals surface area contributed by atoms with Gasteiger partial charge in [0.2, 0.25) is 0 Å². The Bertz CT molecular complexity index is 1080. The van der Waals surface area contributed by atoms with Gasteiger partial charge < -0.3 is 9.47 Å². The minimum Gasteiger partial charge on any atom is -0.354 e. The van der Waals surface area contributed by atoms with E-state index >= 15 is 0 Å². The third-order valence-corrected chi connectivity index (χ3v) is 7.83. The van der Waals surface area contributed by atoms with Crippen molar-refractivity contribution in [2.75, 3.05) is 42.6 Å². The lowest BCUT2D eigenvalue weighted by Gasteiger charge is -2.38. The molecule has 2 aromatic heterocycles. The van der Waals surface area contributed by atoms with E-state index in [1.54, 1.807) is 6.20 Å². The number of rotatable bonds is 3. The normalized spacial score (nSPS) is 23.2. The Kier molecular flexibility index (Phi) is 5.05. The van der Waals surface area contributed by atoms with Crippen molar-refractivity contribution in [3.05, 3.63) is 41.6 Å². The van der Waals surface area contributed by atoms with Crippen LogP contribution in [0.5, 0.6) is 0 Å². The minimum absolute atomic E-state index is 0.478. The number of nitrogens with zero attached hydrogens (tertiary/aromatic N) is 5.